The number of methoxy groups -OCH3 is 1. The van der Waals surface area contributed by atoms with Gasteiger partial charge in [-0.1, -0.05) is 33.8 Å². The quantitative estimate of drug-likeness (QED) is 0.192. The number of nitrogens with zero attached hydrogens (tertiary/aromatic N) is 6. The molecule has 0 radical (unpaired) electrons. The summed E-state index contributed by atoms with van der Waals surface area (Å²) in [7, 11) is 1.74. The van der Waals surface area contributed by atoms with Gasteiger partial charge in [0.2, 0.25) is 5.91 Å². The van der Waals surface area contributed by atoms with Crippen molar-refractivity contribution in [3.63, 3.8) is 0 Å². The number of anilines is 1. The second kappa shape index (κ2) is 16.7. The SMILES string of the molecule is CCn1c(-c2cc(N3CCN(C4CC4)CC3)cnc2[C@H](C)OC)c2c3cc(ccc31)-c1csc(n1)C[C@H](NC(=O)C1[C@@H](C)[C@H]1C)C(=O)N1CCC[C@H](N1)C(=O)OCC(C)(C)C2. The molecule has 2 saturated carbocycles. The number of thiazole rings is 1. The van der Waals surface area contributed by atoms with Gasteiger partial charge in [0, 0.05) is 97.6 Å². The van der Waals surface area contributed by atoms with Crippen LogP contribution in [0.2, 0.25) is 0 Å². The molecule has 6 bridgehead atoms. The monoisotopic (exact) mass is 850 g/mol. The molecule has 61 heavy (non-hydrogen) atoms. The molecule has 6 heterocycles. The molecule has 5 aliphatic rings. The number of fused-ring (bicyclic) bond motifs is 6. The molecule has 326 valence electrons. The van der Waals surface area contributed by atoms with E-state index in [0.717, 1.165) is 94.1 Å². The Labute approximate surface area is 363 Å². The van der Waals surface area contributed by atoms with Crippen LogP contribution in [0.1, 0.15) is 89.6 Å². The number of pyridine rings is 1. The molecular formula is C47H62N8O5S. The van der Waals surface area contributed by atoms with Crippen molar-refractivity contribution < 1.29 is 23.9 Å². The van der Waals surface area contributed by atoms with Crippen LogP contribution in [0.25, 0.3) is 33.4 Å². The maximum atomic E-state index is 14.2. The van der Waals surface area contributed by atoms with Gasteiger partial charge in [-0.15, -0.1) is 11.3 Å². The lowest BCUT2D eigenvalue weighted by atomic mass is 9.84. The van der Waals surface area contributed by atoms with Gasteiger partial charge < -0.3 is 24.3 Å². The molecule has 6 atom stereocenters. The van der Waals surface area contributed by atoms with E-state index in [1.54, 1.807) is 7.11 Å². The van der Waals surface area contributed by atoms with Crippen molar-refractivity contribution >= 4 is 45.7 Å². The van der Waals surface area contributed by atoms with Crippen LogP contribution < -0.4 is 15.6 Å². The molecule has 2 saturated heterocycles. The Morgan fingerprint density at radius 3 is 2.56 bits per heavy atom. The lowest BCUT2D eigenvalue weighted by Crippen LogP contribution is -2.60. The van der Waals surface area contributed by atoms with Crippen LogP contribution in [-0.4, -0.2) is 107 Å². The third-order valence-electron chi connectivity index (χ3n) is 14.1. The van der Waals surface area contributed by atoms with Crippen molar-refractivity contribution in [3.05, 3.63) is 52.1 Å². The fourth-order valence-electron chi connectivity index (χ4n) is 9.97. The number of carbonyl (C=O) groups excluding carboxylic acids is 3. The number of cyclic esters (lactones) is 1. The van der Waals surface area contributed by atoms with Gasteiger partial charge in [0.15, 0.2) is 0 Å². The number of amides is 2. The summed E-state index contributed by atoms with van der Waals surface area (Å²) in [5, 5.41) is 8.53. The molecule has 3 aliphatic heterocycles. The molecule has 4 aromatic rings. The first kappa shape index (κ1) is 42.0. The molecule has 9 rings (SSSR count). The van der Waals surface area contributed by atoms with E-state index in [1.165, 1.54) is 29.2 Å². The predicted octanol–water partition coefficient (Wildman–Crippen LogP) is 6.39. The average Bonchev–Trinajstić information content (AvgIpc) is 4.13. The molecule has 1 aromatic carbocycles. The van der Waals surface area contributed by atoms with Crippen LogP contribution >= 0.6 is 11.3 Å². The van der Waals surface area contributed by atoms with E-state index in [9.17, 15) is 14.4 Å². The Bertz CT molecular complexity index is 2300. The van der Waals surface area contributed by atoms with Gasteiger partial charge in [0.1, 0.15) is 12.1 Å². The van der Waals surface area contributed by atoms with Crippen molar-refractivity contribution in [2.24, 2.45) is 23.2 Å². The largest absolute Gasteiger partial charge is 0.464 e. The molecule has 2 N–H and O–H groups in total. The number of aromatic nitrogens is 3. The Balaban J connectivity index is 1.15. The van der Waals surface area contributed by atoms with Crippen molar-refractivity contribution in [3.8, 4) is 22.5 Å². The number of nitrogens with one attached hydrogen (secondary N) is 2. The normalized spacial score (nSPS) is 26.5. The fourth-order valence-corrected chi connectivity index (χ4v) is 10.8. The Morgan fingerprint density at radius 2 is 1.85 bits per heavy atom. The third kappa shape index (κ3) is 8.33. The molecule has 0 spiro atoms. The summed E-state index contributed by atoms with van der Waals surface area (Å²) >= 11 is 1.50. The van der Waals surface area contributed by atoms with Gasteiger partial charge in [0.05, 0.1) is 46.7 Å². The van der Waals surface area contributed by atoms with E-state index in [-0.39, 0.29) is 54.7 Å². The van der Waals surface area contributed by atoms with Gasteiger partial charge in [-0.2, -0.15) is 0 Å². The maximum Gasteiger partial charge on any atom is 0.324 e. The second-order valence-corrected chi connectivity index (χ2v) is 19.9. The Kier molecular flexibility index (Phi) is 11.5. The molecule has 1 unspecified atom stereocenters. The number of esters is 1. The van der Waals surface area contributed by atoms with Gasteiger partial charge in [-0.25, -0.2) is 10.4 Å². The Hall–Kier alpha value is -4.37. The summed E-state index contributed by atoms with van der Waals surface area (Å²) < 4.78 is 14.6. The average molecular weight is 851 g/mol. The lowest BCUT2D eigenvalue weighted by Gasteiger charge is -2.36. The van der Waals surface area contributed by atoms with Gasteiger partial charge in [-0.3, -0.25) is 29.3 Å². The number of carbonyl (C=O) groups is 3. The minimum absolute atomic E-state index is 0.110. The minimum Gasteiger partial charge on any atom is -0.464 e. The zero-order chi connectivity index (χ0) is 42.7. The van der Waals surface area contributed by atoms with Crippen molar-refractivity contribution in [1.82, 2.24) is 35.2 Å². The smallest absolute Gasteiger partial charge is 0.324 e. The maximum absolute atomic E-state index is 14.2. The molecule has 13 nitrogen and oxygen atoms in total. The van der Waals surface area contributed by atoms with Crippen molar-refractivity contribution in [2.45, 2.75) is 111 Å². The minimum atomic E-state index is -0.836. The topological polar surface area (TPSA) is 134 Å². The first-order valence-corrected chi connectivity index (χ1v) is 23.4. The Morgan fingerprint density at radius 1 is 1.08 bits per heavy atom. The van der Waals surface area contributed by atoms with E-state index in [1.807, 2.05) is 6.20 Å². The van der Waals surface area contributed by atoms with Crippen LogP contribution in [0.15, 0.2) is 35.8 Å². The second-order valence-electron chi connectivity index (χ2n) is 19.0. The fraction of sp³-hybridized carbons (Fsp3) is 0.596. The van der Waals surface area contributed by atoms with E-state index < -0.39 is 17.5 Å². The van der Waals surface area contributed by atoms with Crippen LogP contribution in [0.5, 0.6) is 0 Å². The zero-order valence-electron chi connectivity index (χ0n) is 36.8. The molecule has 4 fully saturated rings. The summed E-state index contributed by atoms with van der Waals surface area (Å²) in [5.74, 6) is -0.353. The third-order valence-corrected chi connectivity index (χ3v) is 15.0. The molecular weight excluding hydrogens is 789 g/mol. The molecule has 3 aromatic heterocycles. The number of aryl methyl sites for hydroxylation is 1. The number of hydrogen-bond donors (Lipinski definition) is 2. The first-order chi connectivity index (χ1) is 29.3. The van der Waals surface area contributed by atoms with E-state index in [4.69, 9.17) is 19.4 Å². The summed E-state index contributed by atoms with van der Waals surface area (Å²) in [6.07, 6.45) is 6.45. The predicted molar refractivity (Wildman–Crippen MR) is 238 cm³/mol. The van der Waals surface area contributed by atoms with Gasteiger partial charge in [-0.05, 0) is 81.5 Å². The summed E-state index contributed by atoms with van der Waals surface area (Å²) in [4.78, 5) is 57.0. The van der Waals surface area contributed by atoms with Crippen LogP contribution in [0.4, 0.5) is 5.69 Å². The highest BCUT2D eigenvalue weighted by Crippen LogP contribution is 2.46. The van der Waals surface area contributed by atoms with E-state index >= 15 is 0 Å². The first-order valence-electron chi connectivity index (χ1n) is 22.5. The molecule has 2 aliphatic carbocycles. The van der Waals surface area contributed by atoms with Gasteiger partial charge >= 0.3 is 5.97 Å². The number of benzene rings is 1. The molecule has 14 heteroatoms. The van der Waals surface area contributed by atoms with Crippen molar-refractivity contribution in [1.29, 1.82) is 0 Å². The van der Waals surface area contributed by atoms with Gasteiger partial charge in [0.25, 0.3) is 5.91 Å². The number of ether oxygens (including phenoxy) is 2. The van der Waals surface area contributed by atoms with E-state index in [2.05, 4.69) is 96.3 Å². The molecule has 2 amide bonds. The number of hydrazine groups is 1. The van der Waals surface area contributed by atoms with Crippen LogP contribution in [-0.2, 0) is 43.2 Å². The number of rotatable bonds is 8. The number of piperazine rings is 1. The highest BCUT2D eigenvalue weighted by Gasteiger charge is 2.49. The summed E-state index contributed by atoms with van der Waals surface area (Å²) in [5.41, 5.74) is 11.0. The summed E-state index contributed by atoms with van der Waals surface area (Å²) in [6.45, 7) is 18.1. The lowest BCUT2D eigenvalue weighted by molar-refractivity contribution is -0.155. The van der Waals surface area contributed by atoms with E-state index in [0.29, 0.717) is 25.8 Å². The highest BCUT2D eigenvalue weighted by atomic mass is 32.1. The zero-order valence-corrected chi connectivity index (χ0v) is 37.6. The highest BCUT2D eigenvalue weighted by molar-refractivity contribution is 7.10. The summed E-state index contributed by atoms with van der Waals surface area (Å²) in [6, 6.07) is 8.15. The van der Waals surface area contributed by atoms with Crippen LogP contribution in [0, 0.1) is 23.2 Å². The number of hydrogen-bond acceptors (Lipinski definition) is 11. The standard InChI is InChI=1S/C47H62N8O5S/c1-8-54-39-14-11-30-20-33(39)35(43(54)34-21-32(24-48-42(34)29(4)59-7)53-18-16-52(17-19-53)31-12-13-31)23-47(5,6)26-60-46(58)36-10-9-15-55(51-36)45(57)37(22-40-49-38(30)25-61-40)50-44(56)41-27(2)28(41)3/h11,14,20-21,24-25,27-29,31,36-37,41,51H,8-10,12-13,15-19,22-23,26H2,1-7H3,(H,50,56)/t27-,28+,29-,36-,37-,41?/m0/s1. The van der Waals surface area contributed by atoms with Crippen LogP contribution in [0.3, 0.4) is 0 Å². The van der Waals surface area contributed by atoms with Crippen molar-refractivity contribution in [2.75, 3.05) is 51.3 Å².